The summed E-state index contributed by atoms with van der Waals surface area (Å²) in [5.41, 5.74) is 5.42. The van der Waals surface area contributed by atoms with Crippen LogP contribution < -0.4 is 5.73 Å². The fourth-order valence-electron chi connectivity index (χ4n) is 1.88. The van der Waals surface area contributed by atoms with Crippen LogP contribution in [0.25, 0.3) is 0 Å². The van der Waals surface area contributed by atoms with Gasteiger partial charge in [-0.25, -0.2) is 0 Å². The first-order valence-corrected chi connectivity index (χ1v) is 6.34. The van der Waals surface area contributed by atoms with Crippen molar-refractivity contribution >= 4 is 5.96 Å². The number of hydrogen-bond acceptors (Lipinski definition) is 3. The van der Waals surface area contributed by atoms with Crippen molar-refractivity contribution in [1.82, 2.24) is 9.80 Å². The summed E-state index contributed by atoms with van der Waals surface area (Å²) in [6.07, 6.45) is 1.07. The summed E-state index contributed by atoms with van der Waals surface area (Å²) in [5.74, 6) is 0.195. The molecule has 0 radical (unpaired) electrons. The van der Waals surface area contributed by atoms with Gasteiger partial charge in [0.1, 0.15) is 0 Å². The Balaban J connectivity index is 2.09. The number of ether oxygens (including phenoxy) is 1. The van der Waals surface area contributed by atoms with Crippen molar-refractivity contribution in [2.45, 2.75) is 32.8 Å². The number of nitrogens with two attached hydrogens (primary N) is 1. The van der Waals surface area contributed by atoms with Crippen molar-refractivity contribution in [1.29, 1.82) is 5.41 Å². The third-order valence-corrected chi connectivity index (χ3v) is 2.87. The van der Waals surface area contributed by atoms with Crippen LogP contribution in [0.3, 0.4) is 0 Å². The second-order valence-corrected chi connectivity index (χ2v) is 5.53. The van der Waals surface area contributed by atoms with E-state index in [-0.39, 0.29) is 11.6 Å². The largest absolute Gasteiger partial charge is 0.376 e. The molecule has 0 aromatic rings. The lowest BCUT2D eigenvalue weighted by molar-refractivity contribution is -0.00777. The van der Waals surface area contributed by atoms with Crippen LogP contribution in [0.4, 0.5) is 0 Å². The first-order chi connectivity index (χ1) is 7.88. The van der Waals surface area contributed by atoms with Gasteiger partial charge in [-0.15, -0.1) is 0 Å². The van der Waals surface area contributed by atoms with Gasteiger partial charge in [-0.2, -0.15) is 0 Å². The Morgan fingerprint density at radius 2 is 1.82 bits per heavy atom. The molecule has 0 saturated carbocycles. The smallest absolute Gasteiger partial charge is 0.188 e. The van der Waals surface area contributed by atoms with Crippen LogP contribution >= 0.6 is 0 Å². The van der Waals surface area contributed by atoms with Gasteiger partial charge >= 0.3 is 0 Å². The molecule has 1 rings (SSSR count). The van der Waals surface area contributed by atoms with Crippen LogP contribution in [0.15, 0.2) is 0 Å². The Hall–Kier alpha value is -0.810. The predicted octanol–water partition coefficient (Wildman–Crippen LogP) is 0.703. The minimum atomic E-state index is -0.0344. The first kappa shape index (κ1) is 14.3. The minimum Gasteiger partial charge on any atom is -0.376 e. The quantitative estimate of drug-likeness (QED) is 0.433. The molecule has 100 valence electrons. The molecule has 0 unspecified atom stereocenters. The van der Waals surface area contributed by atoms with Crippen LogP contribution in [0.5, 0.6) is 0 Å². The minimum absolute atomic E-state index is 0.0344. The Morgan fingerprint density at radius 1 is 1.24 bits per heavy atom. The number of rotatable bonds is 4. The maximum atomic E-state index is 7.36. The van der Waals surface area contributed by atoms with E-state index in [1.807, 2.05) is 4.90 Å². The standard InChI is InChI=1S/C12H26N4O/c1-12(2,3)17-10-4-5-15-6-8-16(9-7-15)11(13)14/h4-10H2,1-3H3,(H3,13,14). The Bertz CT molecular complexity index is 241. The predicted molar refractivity (Wildman–Crippen MR) is 70.2 cm³/mol. The Morgan fingerprint density at radius 3 is 2.29 bits per heavy atom. The van der Waals surface area contributed by atoms with Crippen LogP contribution in [0.2, 0.25) is 0 Å². The van der Waals surface area contributed by atoms with Gasteiger partial charge < -0.3 is 15.4 Å². The molecular formula is C12H26N4O. The van der Waals surface area contributed by atoms with Crippen LogP contribution in [-0.4, -0.2) is 60.7 Å². The number of hydrogen-bond donors (Lipinski definition) is 2. The lowest BCUT2D eigenvalue weighted by atomic mass is 10.2. The zero-order chi connectivity index (χ0) is 12.9. The van der Waals surface area contributed by atoms with Crippen molar-refractivity contribution in [3.63, 3.8) is 0 Å². The summed E-state index contributed by atoms with van der Waals surface area (Å²) < 4.78 is 5.69. The fourth-order valence-corrected chi connectivity index (χ4v) is 1.88. The zero-order valence-corrected chi connectivity index (χ0v) is 11.3. The lowest BCUT2D eigenvalue weighted by Gasteiger charge is -2.35. The van der Waals surface area contributed by atoms with Gasteiger partial charge in [0.15, 0.2) is 5.96 Å². The van der Waals surface area contributed by atoms with E-state index in [0.29, 0.717) is 0 Å². The number of nitrogens with zero attached hydrogens (tertiary/aromatic N) is 2. The van der Waals surface area contributed by atoms with E-state index in [9.17, 15) is 0 Å². The molecule has 1 saturated heterocycles. The molecule has 1 heterocycles. The summed E-state index contributed by atoms with van der Waals surface area (Å²) in [6, 6.07) is 0. The van der Waals surface area contributed by atoms with Crippen molar-refractivity contribution < 1.29 is 4.74 Å². The molecule has 0 bridgehead atoms. The summed E-state index contributed by atoms with van der Waals surface area (Å²) in [6.45, 7) is 11.9. The molecule has 0 spiro atoms. The van der Waals surface area contributed by atoms with Crippen molar-refractivity contribution in [2.24, 2.45) is 5.73 Å². The second-order valence-electron chi connectivity index (χ2n) is 5.53. The normalized spacial score (nSPS) is 18.4. The van der Waals surface area contributed by atoms with Gasteiger partial charge in [-0.1, -0.05) is 0 Å². The molecular weight excluding hydrogens is 216 g/mol. The number of nitrogens with one attached hydrogen (secondary N) is 1. The molecule has 0 amide bonds. The highest BCUT2D eigenvalue weighted by Gasteiger charge is 2.17. The maximum absolute atomic E-state index is 7.36. The molecule has 5 nitrogen and oxygen atoms in total. The molecule has 0 aromatic carbocycles. The topological polar surface area (TPSA) is 65.6 Å². The highest BCUT2D eigenvalue weighted by molar-refractivity contribution is 5.74. The number of piperazine rings is 1. The van der Waals surface area contributed by atoms with Gasteiger partial charge in [-0.05, 0) is 27.2 Å². The van der Waals surface area contributed by atoms with E-state index in [4.69, 9.17) is 15.9 Å². The summed E-state index contributed by atoms with van der Waals surface area (Å²) in [4.78, 5) is 4.33. The number of guanidine groups is 1. The average Bonchev–Trinajstić information content (AvgIpc) is 2.24. The molecule has 5 heteroatoms. The van der Waals surface area contributed by atoms with Gasteiger partial charge in [0.2, 0.25) is 0 Å². The molecule has 0 atom stereocenters. The molecule has 0 aliphatic carbocycles. The first-order valence-electron chi connectivity index (χ1n) is 6.34. The molecule has 0 aromatic heterocycles. The van der Waals surface area contributed by atoms with E-state index in [0.717, 1.165) is 45.8 Å². The highest BCUT2D eigenvalue weighted by Crippen LogP contribution is 2.08. The SMILES string of the molecule is CC(C)(C)OCCCN1CCN(C(=N)N)CC1. The average molecular weight is 242 g/mol. The van der Waals surface area contributed by atoms with Crippen molar-refractivity contribution in [3.05, 3.63) is 0 Å². The summed E-state index contributed by atoms with van der Waals surface area (Å²) in [7, 11) is 0. The Labute approximate surface area is 104 Å². The van der Waals surface area contributed by atoms with E-state index < -0.39 is 0 Å². The molecule has 1 aliphatic heterocycles. The van der Waals surface area contributed by atoms with Gasteiger partial charge in [0.05, 0.1) is 5.60 Å². The zero-order valence-electron chi connectivity index (χ0n) is 11.3. The molecule has 17 heavy (non-hydrogen) atoms. The molecule has 1 aliphatic rings. The van der Waals surface area contributed by atoms with Crippen LogP contribution in [-0.2, 0) is 4.74 Å². The van der Waals surface area contributed by atoms with E-state index in [2.05, 4.69) is 25.7 Å². The van der Waals surface area contributed by atoms with Gasteiger partial charge in [0, 0.05) is 39.3 Å². The van der Waals surface area contributed by atoms with Gasteiger partial charge in [0.25, 0.3) is 0 Å². The summed E-state index contributed by atoms with van der Waals surface area (Å²) >= 11 is 0. The monoisotopic (exact) mass is 242 g/mol. The van der Waals surface area contributed by atoms with Gasteiger partial charge in [-0.3, -0.25) is 10.3 Å². The van der Waals surface area contributed by atoms with E-state index in [1.54, 1.807) is 0 Å². The molecule has 3 N–H and O–H groups in total. The second kappa shape index (κ2) is 6.21. The van der Waals surface area contributed by atoms with Crippen molar-refractivity contribution in [2.75, 3.05) is 39.3 Å². The summed E-state index contributed by atoms with van der Waals surface area (Å²) in [5, 5.41) is 7.36. The Kier molecular flexibility index (Phi) is 5.21. The van der Waals surface area contributed by atoms with Crippen molar-refractivity contribution in [3.8, 4) is 0 Å². The third kappa shape index (κ3) is 5.89. The molecule has 1 fully saturated rings. The van der Waals surface area contributed by atoms with Crippen LogP contribution in [0, 0.1) is 5.41 Å². The lowest BCUT2D eigenvalue weighted by Crippen LogP contribution is -2.50. The van der Waals surface area contributed by atoms with Crippen LogP contribution in [0.1, 0.15) is 27.2 Å². The van der Waals surface area contributed by atoms with E-state index >= 15 is 0 Å². The van der Waals surface area contributed by atoms with E-state index in [1.165, 1.54) is 0 Å². The maximum Gasteiger partial charge on any atom is 0.188 e. The highest BCUT2D eigenvalue weighted by atomic mass is 16.5. The third-order valence-electron chi connectivity index (χ3n) is 2.87. The fraction of sp³-hybridized carbons (Fsp3) is 0.917.